The summed E-state index contributed by atoms with van der Waals surface area (Å²) in [6.07, 6.45) is 1.48. The lowest BCUT2D eigenvalue weighted by molar-refractivity contribution is -0.127. The first-order valence-corrected chi connectivity index (χ1v) is 10.1. The van der Waals surface area contributed by atoms with E-state index < -0.39 is 23.6 Å². The number of amides is 3. The Hall–Kier alpha value is -3.46. The molecule has 0 radical (unpaired) electrons. The predicted molar refractivity (Wildman–Crippen MR) is 118 cm³/mol. The second-order valence-corrected chi connectivity index (χ2v) is 7.83. The van der Waals surface area contributed by atoms with Gasteiger partial charge in [-0.3, -0.25) is 19.3 Å². The number of thioether (sulfide) groups is 1. The first-order chi connectivity index (χ1) is 14.7. The number of phenols is 1. The summed E-state index contributed by atoms with van der Waals surface area (Å²) in [6, 6.07) is 8.54. The highest BCUT2D eigenvalue weighted by molar-refractivity contribution is 8.18. The van der Waals surface area contributed by atoms with Crippen molar-refractivity contribution in [2.75, 3.05) is 26.1 Å². The van der Waals surface area contributed by atoms with Crippen molar-refractivity contribution < 1.29 is 29.0 Å². The molecule has 0 saturated carbocycles. The van der Waals surface area contributed by atoms with Crippen LogP contribution in [0, 0.1) is 13.8 Å². The Bertz CT molecular complexity index is 1070. The number of rotatable bonds is 6. The van der Waals surface area contributed by atoms with Crippen molar-refractivity contribution in [1.82, 2.24) is 4.90 Å². The number of benzene rings is 2. The highest BCUT2D eigenvalue weighted by atomic mass is 32.2. The van der Waals surface area contributed by atoms with Crippen molar-refractivity contribution in [3.63, 3.8) is 0 Å². The van der Waals surface area contributed by atoms with E-state index >= 15 is 0 Å². The number of hydrogen-bond donors (Lipinski definition) is 2. The average Bonchev–Trinajstić information content (AvgIpc) is 2.99. The van der Waals surface area contributed by atoms with E-state index in [1.807, 2.05) is 26.0 Å². The molecule has 2 aromatic rings. The molecule has 31 heavy (non-hydrogen) atoms. The summed E-state index contributed by atoms with van der Waals surface area (Å²) in [5.41, 5.74) is 3.07. The van der Waals surface area contributed by atoms with E-state index in [-0.39, 0.29) is 22.2 Å². The first-order valence-electron chi connectivity index (χ1n) is 9.31. The molecule has 1 fully saturated rings. The molecule has 1 aliphatic heterocycles. The fourth-order valence-corrected chi connectivity index (χ4v) is 3.84. The van der Waals surface area contributed by atoms with Crippen LogP contribution < -0.4 is 14.8 Å². The zero-order valence-corrected chi connectivity index (χ0v) is 18.3. The predicted octanol–water partition coefficient (Wildman–Crippen LogP) is 3.70. The van der Waals surface area contributed by atoms with Crippen LogP contribution in [0.3, 0.4) is 0 Å². The van der Waals surface area contributed by atoms with Gasteiger partial charge in [-0.05, 0) is 66.6 Å². The lowest BCUT2D eigenvalue weighted by Gasteiger charge is -2.14. The van der Waals surface area contributed by atoms with Gasteiger partial charge in [0.25, 0.3) is 11.1 Å². The van der Waals surface area contributed by atoms with Crippen LogP contribution in [0.2, 0.25) is 0 Å². The number of anilines is 1. The smallest absolute Gasteiger partial charge is 0.294 e. The summed E-state index contributed by atoms with van der Waals surface area (Å²) in [6.45, 7) is 3.42. The molecule has 0 bridgehead atoms. The number of carbonyl (C=O) groups is 3. The van der Waals surface area contributed by atoms with Crippen molar-refractivity contribution in [3.05, 3.63) is 51.9 Å². The molecule has 162 valence electrons. The number of carbonyl (C=O) groups excluding carboxylic acids is 3. The molecule has 0 spiro atoms. The van der Waals surface area contributed by atoms with Crippen molar-refractivity contribution in [1.29, 1.82) is 0 Å². The van der Waals surface area contributed by atoms with Crippen molar-refractivity contribution in [2.45, 2.75) is 13.8 Å². The maximum atomic E-state index is 12.7. The van der Waals surface area contributed by atoms with E-state index in [2.05, 4.69) is 5.32 Å². The average molecular weight is 442 g/mol. The third kappa shape index (κ3) is 4.66. The Kier molecular flexibility index (Phi) is 6.55. The van der Waals surface area contributed by atoms with Crippen molar-refractivity contribution in [2.24, 2.45) is 0 Å². The van der Waals surface area contributed by atoms with E-state index in [1.165, 1.54) is 32.4 Å². The summed E-state index contributed by atoms with van der Waals surface area (Å²) >= 11 is 0.736. The third-order valence-electron chi connectivity index (χ3n) is 4.85. The molecule has 9 heteroatoms. The lowest BCUT2D eigenvalue weighted by atomic mass is 10.1. The molecule has 0 unspecified atom stereocenters. The Balaban J connectivity index is 1.78. The van der Waals surface area contributed by atoms with E-state index in [0.717, 1.165) is 27.8 Å². The third-order valence-corrected chi connectivity index (χ3v) is 5.76. The van der Waals surface area contributed by atoms with Gasteiger partial charge < -0.3 is 19.9 Å². The van der Waals surface area contributed by atoms with Crippen molar-refractivity contribution in [3.8, 4) is 17.2 Å². The number of nitrogens with zero attached hydrogens (tertiary/aromatic N) is 1. The Morgan fingerprint density at radius 1 is 1.16 bits per heavy atom. The molecule has 1 aliphatic rings. The number of ether oxygens (including phenoxy) is 2. The largest absolute Gasteiger partial charge is 0.502 e. The van der Waals surface area contributed by atoms with Gasteiger partial charge in [-0.25, -0.2) is 0 Å². The number of aromatic hydroxyl groups is 1. The Morgan fingerprint density at radius 3 is 2.42 bits per heavy atom. The number of imide groups is 1. The first kappa shape index (κ1) is 22.2. The number of methoxy groups -OCH3 is 2. The molecular formula is C22H22N2O6S. The van der Waals surface area contributed by atoms with E-state index in [4.69, 9.17) is 9.47 Å². The Morgan fingerprint density at radius 2 is 1.81 bits per heavy atom. The van der Waals surface area contributed by atoms with Crippen molar-refractivity contribution >= 4 is 40.6 Å². The monoisotopic (exact) mass is 442 g/mol. The SMILES string of the molecule is COc1cc(/C=C2/SC(=O)N(CC(=O)Nc3cccc(C)c3C)C2=O)cc(OC)c1O. The number of hydrogen-bond acceptors (Lipinski definition) is 7. The summed E-state index contributed by atoms with van der Waals surface area (Å²) in [5, 5.41) is 12.2. The van der Waals surface area contributed by atoms with Crippen LogP contribution in [0.5, 0.6) is 17.2 Å². The summed E-state index contributed by atoms with van der Waals surface area (Å²) < 4.78 is 10.2. The minimum Gasteiger partial charge on any atom is -0.502 e. The maximum Gasteiger partial charge on any atom is 0.294 e. The lowest BCUT2D eigenvalue weighted by Crippen LogP contribution is -2.36. The molecule has 1 heterocycles. The molecule has 0 aromatic heterocycles. The fourth-order valence-electron chi connectivity index (χ4n) is 3.00. The van der Waals surface area contributed by atoms with Crippen LogP contribution in [0.1, 0.15) is 16.7 Å². The van der Waals surface area contributed by atoms with Gasteiger partial charge in [-0.1, -0.05) is 12.1 Å². The quantitative estimate of drug-likeness (QED) is 0.657. The van der Waals surface area contributed by atoms with Gasteiger partial charge >= 0.3 is 0 Å². The summed E-state index contributed by atoms with van der Waals surface area (Å²) in [7, 11) is 2.78. The van der Waals surface area contributed by atoms with Crippen LogP contribution in [-0.2, 0) is 9.59 Å². The highest BCUT2D eigenvalue weighted by Gasteiger charge is 2.36. The molecule has 2 aromatic carbocycles. The van der Waals surface area contributed by atoms with Gasteiger partial charge in [-0.2, -0.15) is 0 Å². The summed E-state index contributed by atoms with van der Waals surface area (Å²) in [5.74, 6) is -0.879. The zero-order valence-electron chi connectivity index (χ0n) is 17.5. The number of nitrogens with one attached hydrogen (secondary N) is 1. The van der Waals surface area contributed by atoms with Crippen LogP contribution in [0.4, 0.5) is 10.5 Å². The van der Waals surface area contributed by atoms with Gasteiger partial charge in [0, 0.05) is 5.69 Å². The molecule has 0 atom stereocenters. The van der Waals surface area contributed by atoms with Gasteiger partial charge in [0.15, 0.2) is 11.5 Å². The normalized spacial score (nSPS) is 14.8. The van der Waals surface area contributed by atoms with Gasteiger partial charge in [0.1, 0.15) is 6.54 Å². The minimum absolute atomic E-state index is 0.152. The molecule has 3 amide bonds. The topological polar surface area (TPSA) is 105 Å². The van der Waals surface area contributed by atoms with Gasteiger partial charge in [-0.15, -0.1) is 0 Å². The molecule has 3 rings (SSSR count). The second kappa shape index (κ2) is 9.13. The van der Waals surface area contributed by atoms with Crippen LogP contribution in [0.15, 0.2) is 35.2 Å². The zero-order chi connectivity index (χ0) is 22.7. The van der Waals surface area contributed by atoms with E-state index in [9.17, 15) is 19.5 Å². The maximum absolute atomic E-state index is 12.7. The molecule has 8 nitrogen and oxygen atoms in total. The van der Waals surface area contributed by atoms with Gasteiger partial charge in [0.2, 0.25) is 11.7 Å². The van der Waals surface area contributed by atoms with Gasteiger partial charge in [0.05, 0.1) is 19.1 Å². The molecule has 1 saturated heterocycles. The number of aryl methyl sites for hydroxylation is 1. The molecular weight excluding hydrogens is 420 g/mol. The second-order valence-electron chi connectivity index (χ2n) is 6.84. The van der Waals surface area contributed by atoms with E-state index in [1.54, 1.807) is 6.07 Å². The molecule has 2 N–H and O–H groups in total. The van der Waals surface area contributed by atoms with E-state index in [0.29, 0.717) is 11.3 Å². The standard InChI is InChI=1S/C22H22N2O6S/c1-12-6-5-7-15(13(12)2)23-19(25)11-24-21(27)18(31-22(24)28)10-14-8-16(29-3)20(26)17(9-14)30-4/h5-10,26H,11H2,1-4H3,(H,23,25)/b18-10+. The highest BCUT2D eigenvalue weighted by Crippen LogP contribution is 2.39. The fraction of sp³-hybridized carbons (Fsp3) is 0.227. The van der Waals surface area contributed by atoms with Crippen LogP contribution >= 0.6 is 11.8 Å². The summed E-state index contributed by atoms with van der Waals surface area (Å²) in [4.78, 5) is 38.6. The minimum atomic E-state index is -0.572. The molecule has 0 aliphatic carbocycles. The van der Waals surface area contributed by atoms with Crippen LogP contribution in [0.25, 0.3) is 6.08 Å². The Labute approximate surface area is 183 Å². The number of phenolic OH excluding ortho intramolecular Hbond substituents is 1. The van der Waals surface area contributed by atoms with Crippen LogP contribution in [-0.4, -0.2) is 47.8 Å².